The van der Waals surface area contributed by atoms with Crippen LogP contribution in [0.4, 0.5) is 0 Å². The van der Waals surface area contributed by atoms with Gasteiger partial charge in [0.1, 0.15) is 6.10 Å². The number of benzene rings is 1. The van der Waals surface area contributed by atoms with Gasteiger partial charge in [0.25, 0.3) is 0 Å². The van der Waals surface area contributed by atoms with Crippen molar-refractivity contribution in [3.63, 3.8) is 0 Å². The Bertz CT molecular complexity index is 704. The fourth-order valence-electron chi connectivity index (χ4n) is 4.67. The van der Waals surface area contributed by atoms with E-state index in [9.17, 15) is 4.79 Å². The predicted molar refractivity (Wildman–Crippen MR) is 134 cm³/mol. The average molecular weight is 473 g/mol. The summed E-state index contributed by atoms with van der Waals surface area (Å²) in [7, 11) is 0. The first-order valence-corrected chi connectivity index (χ1v) is 13.6. The molecule has 34 heavy (non-hydrogen) atoms. The lowest BCUT2D eigenvalue weighted by Crippen LogP contribution is -2.50. The van der Waals surface area contributed by atoms with Crippen molar-refractivity contribution in [1.29, 1.82) is 0 Å². The van der Waals surface area contributed by atoms with E-state index in [1.54, 1.807) is 12.3 Å². The van der Waals surface area contributed by atoms with E-state index in [4.69, 9.17) is 18.9 Å². The van der Waals surface area contributed by atoms with E-state index < -0.39 is 12.4 Å². The molecule has 0 saturated carbocycles. The molecule has 0 aliphatic carbocycles. The van der Waals surface area contributed by atoms with Crippen molar-refractivity contribution in [1.82, 2.24) is 0 Å². The van der Waals surface area contributed by atoms with Gasteiger partial charge in [-0.15, -0.1) is 0 Å². The number of hydrogen-bond donors (Lipinski definition) is 0. The molecular formula is C29H44O5. The summed E-state index contributed by atoms with van der Waals surface area (Å²) in [6.45, 7) is 2.67. The lowest BCUT2D eigenvalue weighted by Gasteiger charge is -2.40. The lowest BCUT2D eigenvalue weighted by molar-refractivity contribution is -0.278. The summed E-state index contributed by atoms with van der Waals surface area (Å²) in [5, 5.41) is 0. The lowest BCUT2D eigenvalue weighted by atomic mass is 10.0. The molecule has 0 radical (unpaired) electrons. The summed E-state index contributed by atoms with van der Waals surface area (Å²) in [6.07, 6.45) is 19.1. The van der Waals surface area contributed by atoms with Crippen LogP contribution in [0, 0.1) is 0 Å². The summed E-state index contributed by atoms with van der Waals surface area (Å²) in [4.78, 5) is 12.5. The van der Waals surface area contributed by atoms with E-state index >= 15 is 0 Å². The van der Waals surface area contributed by atoms with Gasteiger partial charge in [0.05, 0.1) is 12.9 Å². The number of unbranched alkanes of at least 4 members (excludes halogenated alkanes) is 12. The average Bonchev–Trinajstić information content (AvgIpc) is 2.87. The molecule has 4 atom stereocenters. The molecular weight excluding hydrogens is 428 g/mol. The Morgan fingerprint density at radius 2 is 1.50 bits per heavy atom. The third kappa shape index (κ3) is 9.42. The zero-order chi connectivity index (χ0) is 23.8. The van der Waals surface area contributed by atoms with Gasteiger partial charge in [0.15, 0.2) is 18.5 Å². The van der Waals surface area contributed by atoms with Crippen LogP contribution in [-0.4, -0.2) is 30.9 Å². The maximum Gasteiger partial charge on any atom is 0.306 e. The van der Waals surface area contributed by atoms with E-state index in [0.29, 0.717) is 13.0 Å². The van der Waals surface area contributed by atoms with Crippen molar-refractivity contribution < 1.29 is 23.7 Å². The maximum absolute atomic E-state index is 12.5. The quantitative estimate of drug-likeness (QED) is 0.185. The highest BCUT2D eigenvalue weighted by molar-refractivity contribution is 5.69. The number of fused-ring (bicyclic) bond motifs is 1. The molecule has 2 heterocycles. The van der Waals surface area contributed by atoms with Crippen LogP contribution < -0.4 is 0 Å². The van der Waals surface area contributed by atoms with Gasteiger partial charge in [-0.1, -0.05) is 114 Å². The number of esters is 1. The van der Waals surface area contributed by atoms with Crippen LogP contribution >= 0.6 is 0 Å². The molecule has 0 spiro atoms. The molecule has 0 bridgehead atoms. The summed E-state index contributed by atoms with van der Waals surface area (Å²) in [5.74, 6) is -0.162. The summed E-state index contributed by atoms with van der Waals surface area (Å²) >= 11 is 0. The predicted octanol–water partition coefficient (Wildman–Crippen LogP) is 7.41. The van der Waals surface area contributed by atoms with Crippen molar-refractivity contribution in [2.45, 2.75) is 121 Å². The molecule has 0 N–H and O–H groups in total. The highest BCUT2D eigenvalue weighted by Crippen LogP contribution is 2.32. The monoisotopic (exact) mass is 472 g/mol. The molecule has 3 rings (SSSR count). The standard InChI is InChI=1S/C29H44O5/c1-2-3-4-5-6-7-8-9-10-11-12-13-17-20-27(30)33-25-21-22-31-26-23-32-29(34-28(25)26)24-18-15-14-16-19-24/h14-16,18-19,21-22,25-26,28-29H,2-13,17,20,23H2,1H3/t25-,26+,28-,29+/m0/s1. The van der Waals surface area contributed by atoms with Crippen LogP contribution in [0.25, 0.3) is 0 Å². The molecule has 0 amide bonds. The first-order chi connectivity index (χ1) is 16.8. The van der Waals surface area contributed by atoms with Gasteiger partial charge in [-0.2, -0.15) is 0 Å². The van der Waals surface area contributed by atoms with Gasteiger partial charge in [0.2, 0.25) is 0 Å². The summed E-state index contributed by atoms with van der Waals surface area (Å²) in [5.41, 5.74) is 0.951. The van der Waals surface area contributed by atoms with Gasteiger partial charge in [-0.25, -0.2) is 0 Å². The van der Waals surface area contributed by atoms with Crippen molar-refractivity contribution in [2.75, 3.05) is 6.61 Å². The fourth-order valence-corrected chi connectivity index (χ4v) is 4.67. The minimum absolute atomic E-state index is 0.162. The zero-order valence-electron chi connectivity index (χ0n) is 21.0. The highest BCUT2D eigenvalue weighted by Gasteiger charge is 2.41. The SMILES string of the molecule is CCCCCCCCCCCCCCCC(=O)O[C@H]1C=CO[C@@H]2CO[C@@H](c3ccccc3)O[C@@H]12. The Morgan fingerprint density at radius 3 is 2.15 bits per heavy atom. The second-order valence-corrected chi connectivity index (χ2v) is 9.63. The van der Waals surface area contributed by atoms with Crippen LogP contribution in [0.2, 0.25) is 0 Å². The second kappa shape index (κ2) is 15.9. The zero-order valence-corrected chi connectivity index (χ0v) is 21.0. The van der Waals surface area contributed by atoms with E-state index in [1.807, 2.05) is 30.3 Å². The van der Waals surface area contributed by atoms with Gasteiger partial charge in [-0.05, 0) is 12.5 Å². The Balaban J connectivity index is 1.25. The van der Waals surface area contributed by atoms with Crippen molar-refractivity contribution in [2.24, 2.45) is 0 Å². The van der Waals surface area contributed by atoms with Crippen LogP contribution in [-0.2, 0) is 23.7 Å². The smallest absolute Gasteiger partial charge is 0.306 e. The Hall–Kier alpha value is -1.85. The molecule has 2 aliphatic rings. The summed E-state index contributed by atoms with van der Waals surface area (Å²) < 4.78 is 23.4. The Labute approximate surface area is 206 Å². The normalized spacial score (nSPS) is 23.8. The second-order valence-electron chi connectivity index (χ2n) is 9.63. The number of hydrogen-bond acceptors (Lipinski definition) is 5. The summed E-state index contributed by atoms with van der Waals surface area (Å²) in [6, 6.07) is 9.82. The maximum atomic E-state index is 12.5. The third-order valence-corrected chi connectivity index (χ3v) is 6.73. The number of ether oxygens (including phenoxy) is 4. The first kappa shape index (κ1) is 26.7. The van der Waals surface area contributed by atoms with Crippen LogP contribution in [0.3, 0.4) is 0 Å². The van der Waals surface area contributed by atoms with Gasteiger partial charge in [0, 0.05) is 12.0 Å². The van der Waals surface area contributed by atoms with E-state index in [2.05, 4.69) is 6.92 Å². The third-order valence-electron chi connectivity index (χ3n) is 6.73. The highest BCUT2D eigenvalue weighted by atomic mass is 16.7. The van der Waals surface area contributed by atoms with Crippen LogP contribution in [0.1, 0.15) is 109 Å². The largest absolute Gasteiger partial charge is 0.493 e. The van der Waals surface area contributed by atoms with Crippen molar-refractivity contribution in [3.8, 4) is 0 Å². The minimum atomic E-state index is -0.472. The fraction of sp³-hybridized carbons (Fsp3) is 0.690. The topological polar surface area (TPSA) is 54.0 Å². The Kier molecular flexibility index (Phi) is 12.5. The van der Waals surface area contributed by atoms with E-state index in [-0.39, 0.29) is 18.2 Å². The molecule has 1 saturated heterocycles. The van der Waals surface area contributed by atoms with Gasteiger partial charge >= 0.3 is 5.97 Å². The molecule has 0 aromatic heterocycles. The first-order valence-electron chi connectivity index (χ1n) is 13.6. The van der Waals surface area contributed by atoms with Crippen molar-refractivity contribution >= 4 is 5.97 Å². The number of carbonyl (C=O) groups excluding carboxylic acids is 1. The van der Waals surface area contributed by atoms with Crippen LogP contribution in [0.15, 0.2) is 42.7 Å². The molecule has 190 valence electrons. The van der Waals surface area contributed by atoms with Gasteiger partial charge < -0.3 is 18.9 Å². The van der Waals surface area contributed by atoms with Crippen molar-refractivity contribution in [3.05, 3.63) is 48.2 Å². The van der Waals surface area contributed by atoms with E-state index in [1.165, 1.54) is 70.6 Å². The molecule has 5 heteroatoms. The van der Waals surface area contributed by atoms with Crippen LogP contribution in [0.5, 0.6) is 0 Å². The molecule has 1 aromatic rings. The van der Waals surface area contributed by atoms with Gasteiger partial charge in [-0.3, -0.25) is 4.79 Å². The number of rotatable bonds is 16. The molecule has 1 aromatic carbocycles. The minimum Gasteiger partial charge on any atom is -0.493 e. The van der Waals surface area contributed by atoms with E-state index in [0.717, 1.165) is 18.4 Å². The Morgan fingerprint density at radius 1 is 0.882 bits per heavy atom. The number of carbonyl (C=O) groups is 1. The molecule has 5 nitrogen and oxygen atoms in total. The molecule has 0 unspecified atom stereocenters. The molecule has 2 aliphatic heterocycles. The molecule has 1 fully saturated rings.